The number of hydrogen-bond donors (Lipinski definition) is 1. The lowest BCUT2D eigenvalue weighted by Gasteiger charge is -2.11. The van der Waals surface area contributed by atoms with Gasteiger partial charge in [-0.05, 0) is 60.3 Å². The van der Waals surface area contributed by atoms with Crippen LogP contribution in [-0.4, -0.2) is 13.7 Å². The SMILES string of the molecule is CCCNCc1ccc(-c2ccc(OC)cc2C)cc1Cl. The molecule has 0 spiro atoms. The highest BCUT2D eigenvalue weighted by atomic mass is 35.5. The van der Waals surface area contributed by atoms with Gasteiger partial charge in [0.25, 0.3) is 0 Å². The Kier molecular flexibility index (Phi) is 5.66. The van der Waals surface area contributed by atoms with Gasteiger partial charge in [-0.15, -0.1) is 0 Å². The van der Waals surface area contributed by atoms with Gasteiger partial charge in [-0.25, -0.2) is 0 Å². The second-order valence-electron chi connectivity index (χ2n) is 5.16. The lowest BCUT2D eigenvalue weighted by molar-refractivity contribution is 0.414. The summed E-state index contributed by atoms with van der Waals surface area (Å²) >= 11 is 6.40. The Balaban J connectivity index is 2.23. The zero-order valence-corrected chi connectivity index (χ0v) is 13.6. The lowest BCUT2D eigenvalue weighted by Crippen LogP contribution is -2.13. The van der Waals surface area contributed by atoms with Crippen molar-refractivity contribution in [1.29, 1.82) is 0 Å². The van der Waals surface area contributed by atoms with E-state index in [-0.39, 0.29) is 0 Å². The molecule has 1 N–H and O–H groups in total. The van der Waals surface area contributed by atoms with Gasteiger partial charge in [-0.3, -0.25) is 0 Å². The summed E-state index contributed by atoms with van der Waals surface area (Å²) < 4.78 is 5.25. The van der Waals surface area contributed by atoms with E-state index in [9.17, 15) is 0 Å². The van der Waals surface area contributed by atoms with E-state index in [2.05, 4.69) is 37.4 Å². The summed E-state index contributed by atoms with van der Waals surface area (Å²) in [5, 5.41) is 4.19. The predicted molar refractivity (Wildman–Crippen MR) is 90.2 cm³/mol. The highest BCUT2D eigenvalue weighted by Crippen LogP contribution is 2.30. The van der Waals surface area contributed by atoms with Crippen molar-refractivity contribution in [3.63, 3.8) is 0 Å². The maximum Gasteiger partial charge on any atom is 0.119 e. The molecule has 0 saturated carbocycles. The van der Waals surface area contributed by atoms with Crippen molar-refractivity contribution in [2.75, 3.05) is 13.7 Å². The van der Waals surface area contributed by atoms with Crippen LogP contribution in [0.5, 0.6) is 5.75 Å². The predicted octanol–water partition coefficient (Wildman–Crippen LogP) is 4.82. The minimum atomic E-state index is 0.811. The fraction of sp³-hybridized carbons (Fsp3) is 0.333. The van der Waals surface area contributed by atoms with Crippen molar-refractivity contribution in [3.8, 4) is 16.9 Å². The molecule has 0 bridgehead atoms. The number of methoxy groups -OCH3 is 1. The van der Waals surface area contributed by atoms with Gasteiger partial charge in [0.1, 0.15) is 5.75 Å². The maximum absolute atomic E-state index is 6.40. The second kappa shape index (κ2) is 7.48. The van der Waals surface area contributed by atoms with Crippen molar-refractivity contribution in [3.05, 3.63) is 52.5 Å². The standard InChI is InChI=1S/C18H22ClNO/c1-4-9-20-12-15-6-5-14(11-18(15)19)17-8-7-16(21-3)10-13(17)2/h5-8,10-11,20H,4,9,12H2,1-3H3. The molecule has 0 aromatic heterocycles. The van der Waals surface area contributed by atoms with Gasteiger partial charge in [-0.1, -0.05) is 36.7 Å². The smallest absolute Gasteiger partial charge is 0.119 e. The summed E-state index contributed by atoms with van der Waals surface area (Å²) in [6.07, 6.45) is 1.13. The number of ether oxygens (including phenoxy) is 1. The first-order valence-electron chi connectivity index (χ1n) is 7.30. The fourth-order valence-corrected chi connectivity index (χ4v) is 2.59. The van der Waals surface area contributed by atoms with Gasteiger partial charge in [0.15, 0.2) is 0 Å². The minimum absolute atomic E-state index is 0.811. The third-order valence-corrected chi connectivity index (χ3v) is 3.89. The number of benzene rings is 2. The number of hydrogen-bond acceptors (Lipinski definition) is 2. The largest absolute Gasteiger partial charge is 0.497 e. The van der Waals surface area contributed by atoms with E-state index in [1.54, 1.807) is 7.11 Å². The van der Waals surface area contributed by atoms with Gasteiger partial charge in [0.05, 0.1) is 7.11 Å². The average molecular weight is 304 g/mol. The fourth-order valence-electron chi connectivity index (χ4n) is 2.35. The van der Waals surface area contributed by atoms with Gasteiger partial charge in [-0.2, -0.15) is 0 Å². The quantitative estimate of drug-likeness (QED) is 0.772. The van der Waals surface area contributed by atoms with Crippen LogP contribution in [0.25, 0.3) is 11.1 Å². The van der Waals surface area contributed by atoms with Crippen molar-refractivity contribution in [2.24, 2.45) is 0 Å². The topological polar surface area (TPSA) is 21.3 Å². The summed E-state index contributed by atoms with van der Waals surface area (Å²) in [5.74, 6) is 0.878. The average Bonchev–Trinajstić information content (AvgIpc) is 2.49. The number of aryl methyl sites for hydroxylation is 1. The third kappa shape index (κ3) is 3.99. The molecule has 0 saturated heterocycles. The molecular formula is C18H22ClNO. The summed E-state index contributed by atoms with van der Waals surface area (Å²) in [7, 11) is 1.68. The molecule has 0 fully saturated rings. The zero-order chi connectivity index (χ0) is 15.2. The number of halogens is 1. The molecule has 2 nitrogen and oxygen atoms in total. The Morgan fingerprint density at radius 3 is 2.57 bits per heavy atom. The Labute approximate surface area is 132 Å². The highest BCUT2D eigenvalue weighted by molar-refractivity contribution is 6.31. The van der Waals surface area contributed by atoms with Crippen LogP contribution < -0.4 is 10.1 Å². The molecule has 0 radical (unpaired) electrons. The highest BCUT2D eigenvalue weighted by Gasteiger charge is 2.07. The van der Waals surface area contributed by atoms with Crippen LogP contribution >= 0.6 is 11.6 Å². The second-order valence-corrected chi connectivity index (χ2v) is 5.57. The van der Waals surface area contributed by atoms with Crippen molar-refractivity contribution in [1.82, 2.24) is 5.32 Å². The Morgan fingerprint density at radius 2 is 1.95 bits per heavy atom. The molecule has 0 aliphatic carbocycles. The summed E-state index contributed by atoms with van der Waals surface area (Å²) in [5.41, 5.74) is 4.65. The van der Waals surface area contributed by atoms with Gasteiger partial charge in [0, 0.05) is 11.6 Å². The molecule has 0 aliphatic rings. The van der Waals surface area contributed by atoms with E-state index in [0.29, 0.717) is 0 Å². The van der Waals surface area contributed by atoms with Crippen LogP contribution in [0.15, 0.2) is 36.4 Å². The first-order chi connectivity index (χ1) is 10.2. The molecule has 0 unspecified atom stereocenters. The molecule has 0 amide bonds. The van der Waals surface area contributed by atoms with Gasteiger partial charge in [0.2, 0.25) is 0 Å². The molecule has 0 atom stereocenters. The zero-order valence-electron chi connectivity index (χ0n) is 12.9. The molecule has 0 aliphatic heterocycles. The van der Waals surface area contributed by atoms with E-state index in [4.69, 9.17) is 16.3 Å². The first-order valence-corrected chi connectivity index (χ1v) is 7.67. The van der Waals surface area contributed by atoms with Crippen molar-refractivity contribution in [2.45, 2.75) is 26.8 Å². The van der Waals surface area contributed by atoms with Crippen LogP contribution in [0.2, 0.25) is 5.02 Å². The molecule has 2 aromatic carbocycles. The summed E-state index contributed by atoms with van der Waals surface area (Å²) in [4.78, 5) is 0. The van der Waals surface area contributed by atoms with Crippen LogP contribution in [0, 0.1) is 6.92 Å². The first kappa shape index (κ1) is 15.9. The van der Waals surface area contributed by atoms with E-state index in [1.807, 2.05) is 18.2 Å². The molecular weight excluding hydrogens is 282 g/mol. The molecule has 2 aromatic rings. The molecule has 0 heterocycles. The van der Waals surface area contributed by atoms with Crippen LogP contribution in [0.3, 0.4) is 0 Å². The summed E-state index contributed by atoms with van der Waals surface area (Å²) in [6, 6.07) is 12.4. The Bertz CT molecular complexity index is 610. The van der Waals surface area contributed by atoms with E-state index in [1.165, 1.54) is 11.1 Å². The number of rotatable bonds is 6. The van der Waals surface area contributed by atoms with E-state index < -0.39 is 0 Å². The van der Waals surface area contributed by atoms with Gasteiger partial charge >= 0.3 is 0 Å². The van der Waals surface area contributed by atoms with Crippen molar-refractivity contribution < 1.29 is 4.74 Å². The molecule has 112 valence electrons. The molecule has 21 heavy (non-hydrogen) atoms. The van der Waals surface area contributed by atoms with Crippen LogP contribution in [0.4, 0.5) is 0 Å². The van der Waals surface area contributed by atoms with E-state index in [0.717, 1.165) is 41.4 Å². The normalized spacial score (nSPS) is 10.7. The van der Waals surface area contributed by atoms with Crippen LogP contribution in [0.1, 0.15) is 24.5 Å². The lowest BCUT2D eigenvalue weighted by atomic mass is 9.99. The van der Waals surface area contributed by atoms with Crippen LogP contribution in [-0.2, 0) is 6.54 Å². The van der Waals surface area contributed by atoms with E-state index >= 15 is 0 Å². The minimum Gasteiger partial charge on any atom is -0.497 e. The Morgan fingerprint density at radius 1 is 1.14 bits per heavy atom. The number of nitrogens with one attached hydrogen (secondary N) is 1. The van der Waals surface area contributed by atoms with Gasteiger partial charge < -0.3 is 10.1 Å². The summed E-state index contributed by atoms with van der Waals surface area (Å²) in [6.45, 7) is 6.07. The Hall–Kier alpha value is -1.51. The molecule has 3 heteroatoms. The van der Waals surface area contributed by atoms with Crippen molar-refractivity contribution >= 4 is 11.6 Å². The third-order valence-electron chi connectivity index (χ3n) is 3.54. The molecule has 2 rings (SSSR count). The monoisotopic (exact) mass is 303 g/mol. The maximum atomic E-state index is 6.40.